The van der Waals surface area contributed by atoms with Gasteiger partial charge in [0, 0.05) is 6.08 Å². The number of benzene rings is 2. The van der Waals surface area contributed by atoms with Gasteiger partial charge in [-0.3, -0.25) is 9.59 Å². The average Bonchev–Trinajstić information content (AvgIpc) is 2.79. The Morgan fingerprint density at radius 1 is 0.864 bits per heavy atom. The van der Waals surface area contributed by atoms with E-state index < -0.39 is 17.8 Å². The topological polar surface area (TPSA) is 63.7 Å². The summed E-state index contributed by atoms with van der Waals surface area (Å²) in [5.74, 6) is -2.07. The second kappa shape index (κ2) is 5.65. The van der Waals surface area contributed by atoms with Crippen LogP contribution in [0.5, 0.6) is 0 Å². The summed E-state index contributed by atoms with van der Waals surface area (Å²) in [7, 11) is 0. The largest absolute Gasteiger partial charge is 0.356 e. The van der Waals surface area contributed by atoms with E-state index in [-0.39, 0.29) is 11.1 Å². The van der Waals surface area contributed by atoms with Crippen LogP contribution in [0.2, 0.25) is 0 Å². The van der Waals surface area contributed by atoms with Crippen molar-refractivity contribution in [3.05, 3.63) is 77.4 Å². The highest BCUT2D eigenvalue weighted by molar-refractivity contribution is 6.21. The molecule has 1 aliphatic rings. The summed E-state index contributed by atoms with van der Waals surface area (Å²) in [6.45, 7) is 0. The summed E-state index contributed by atoms with van der Waals surface area (Å²) in [4.78, 5) is 40.6. The van der Waals surface area contributed by atoms with Gasteiger partial charge in [0.15, 0.2) is 0 Å². The number of hydroxylamine groups is 2. The summed E-state index contributed by atoms with van der Waals surface area (Å²) in [5, 5.41) is 0.488. The van der Waals surface area contributed by atoms with Crippen molar-refractivity contribution in [1.82, 2.24) is 5.06 Å². The van der Waals surface area contributed by atoms with Gasteiger partial charge in [0.1, 0.15) is 0 Å². The van der Waals surface area contributed by atoms with Crippen LogP contribution >= 0.6 is 0 Å². The Kier molecular flexibility index (Phi) is 3.53. The van der Waals surface area contributed by atoms with Gasteiger partial charge in [0.25, 0.3) is 11.8 Å². The van der Waals surface area contributed by atoms with E-state index in [1.165, 1.54) is 18.2 Å². The molecule has 0 spiro atoms. The smallest absolute Gasteiger partial charge is 0.325 e. The molecule has 1 heterocycles. The molecule has 0 N–H and O–H groups in total. The number of carbonyl (C=O) groups is 3. The minimum atomic E-state index is -0.793. The van der Waals surface area contributed by atoms with Crippen LogP contribution < -0.4 is 0 Å². The maximum Gasteiger partial charge on any atom is 0.356 e. The van der Waals surface area contributed by atoms with Gasteiger partial charge in [-0.15, -0.1) is 0 Å². The van der Waals surface area contributed by atoms with Crippen LogP contribution in [0.4, 0.5) is 0 Å². The third-order valence-electron chi connectivity index (χ3n) is 3.15. The molecule has 0 saturated carbocycles. The molecule has 0 aromatic heterocycles. The molecule has 5 nitrogen and oxygen atoms in total. The van der Waals surface area contributed by atoms with Gasteiger partial charge >= 0.3 is 5.97 Å². The molecule has 2 aromatic carbocycles. The molecular formula is C17H11NO4. The van der Waals surface area contributed by atoms with E-state index in [0.29, 0.717) is 5.06 Å². The van der Waals surface area contributed by atoms with E-state index >= 15 is 0 Å². The van der Waals surface area contributed by atoms with Gasteiger partial charge in [0.05, 0.1) is 11.1 Å². The minimum absolute atomic E-state index is 0.229. The summed E-state index contributed by atoms with van der Waals surface area (Å²) in [5.41, 5.74) is 1.27. The molecule has 0 radical (unpaired) electrons. The van der Waals surface area contributed by atoms with Gasteiger partial charge < -0.3 is 4.84 Å². The highest BCUT2D eigenvalue weighted by Gasteiger charge is 2.38. The lowest BCUT2D eigenvalue weighted by molar-refractivity contribution is -0.161. The Balaban J connectivity index is 1.72. The molecule has 0 bridgehead atoms. The first-order chi connectivity index (χ1) is 10.7. The first kappa shape index (κ1) is 13.8. The Morgan fingerprint density at radius 2 is 1.41 bits per heavy atom. The second-order valence-electron chi connectivity index (χ2n) is 4.60. The van der Waals surface area contributed by atoms with Gasteiger partial charge in [-0.05, 0) is 23.8 Å². The fraction of sp³-hybridized carbons (Fsp3) is 0. The van der Waals surface area contributed by atoms with Gasteiger partial charge in [-0.1, -0.05) is 47.5 Å². The molecule has 0 unspecified atom stereocenters. The van der Waals surface area contributed by atoms with Crippen molar-refractivity contribution in [2.45, 2.75) is 0 Å². The SMILES string of the molecule is O=C(/C=C/c1ccccc1)ON1C(=O)c2ccccc2C1=O. The normalized spacial score (nSPS) is 13.5. The molecule has 0 aliphatic carbocycles. The van der Waals surface area contributed by atoms with Crippen LogP contribution in [-0.2, 0) is 9.63 Å². The number of hydrogen-bond acceptors (Lipinski definition) is 4. The van der Waals surface area contributed by atoms with Crippen molar-refractivity contribution in [3.8, 4) is 0 Å². The summed E-state index contributed by atoms with van der Waals surface area (Å²) in [6, 6.07) is 15.5. The van der Waals surface area contributed by atoms with E-state index in [1.807, 2.05) is 30.3 Å². The number of fused-ring (bicyclic) bond motifs is 1. The van der Waals surface area contributed by atoms with E-state index in [9.17, 15) is 14.4 Å². The molecule has 1 aliphatic heterocycles. The third kappa shape index (κ3) is 2.52. The lowest BCUT2D eigenvalue weighted by Gasteiger charge is -2.10. The predicted molar refractivity (Wildman–Crippen MR) is 78.5 cm³/mol. The molecule has 2 aromatic rings. The Morgan fingerprint density at radius 3 is 2.00 bits per heavy atom. The third-order valence-corrected chi connectivity index (χ3v) is 3.15. The summed E-state index contributed by atoms with van der Waals surface area (Å²) >= 11 is 0. The molecule has 2 amide bonds. The van der Waals surface area contributed by atoms with E-state index in [4.69, 9.17) is 4.84 Å². The van der Waals surface area contributed by atoms with Crippen molar-refractivity contribution in [2.24, 2.45) is 0 Å². The molecule has 3 rings (SSSR count). The van der Waals surface area contributed by atoms with Gasteiger partial charge in [-0.25, -0.2) is 4.79 Å². The van der Waals surface area contributed by atoms with Gasteiger partial charge in [-0.2, -0.15) is 0 Å². The second-order valence-corrected chi connectivity index (χ2v) is 4.60. The van der Waals surface area contributed by atoms with Crippen molar-refractivity contribution in [3.63, 3.8) is 0 Å². The Hall–Kier alpha value is -3.21. The maximum atomic E-state index is 12.0. The minimum Gasteiger partial charge on any atom is -0.325 e. The summed E-state index contributed by atoms with van der Waals surface area (Å²) < 4.78 is 0. The van der Waals surface area contributed by atoms with Crippen molar-refractivity contribution < 1.29 is 19.2 Å². The van der Waals surface area contributed by atoms with Crippen LogP contribution in [0.15, 0.2) is 60.7 Å². The van der Waals surface area contributed by atoms with Crippen LogP contribution in [0, 0.1) is 0 Å². The highest BCUT2D eigenvalue weighted by Crippen LogP contribution is 2.22. The van der Waals surface area contributed by atoms with Crippen LogP contribution in [0.1, 0.15) is 26.3 Å². The zero-order valence-corrected chi connectivity index (χ0v) is 11.4. The highest BCUT2D eigenvalue weighted by atomic mass is 16.7. The van der Waals surface area contributed by atoms with E-state index in [0.717, 1.165) is 5.56 Å². The molecule has 5 heteroatoms. The first-order valence-corrected chi connectivity index (χ1v) is 6.60. The van der Waals surface area contributed by atoms with Gasteiger partial charge in [0.2, 0.25) is 0 Å². The van der Waals surface area contributed by atoms with E-state index in [2.05, 4.69) is 0 Å². The Bertz CT molecular complexity index is 745. The lowest BCUT2D eigenvalue weighted by Crippen LogP contribution is -2.32. The molecular weight excluding hydrogens is 282 g/mol. The molecule has 0 saturated heterocycles. The maximum absolute atomic E-state index is 12.0. The number of rotatable bonds is 3. The predicted octanol–water partition coefficient (Wildman–Crippen LogP) is 2.45. The quantitative estimate of drug-likeness (QED) is 0.644. The Labute approximate surface area is 126 Å². The van der Waals surface area contributed by atoms with Crippen molar-refractivity contribution in [2.75, 3.05) is 0 Å². The molecule has 0 fully saturated rings. The number of amides is 2. The first-order valence-electron chi connectivity index (χ1n) is 6.60. The zero-order valence-electron chi connectivity index (χ0n) is 11.4. The fourth-order valence-electron chi connectivity index (χ4n) is 2.10. The number of carbonyl (C=O) groups excluding carboxylic acids is 3. The van der Waals surface area contributed by atoms with Crippen LogP contribution in [-0.4, -0.2) is 22.8 Å². The molecule has 0 atom stereocenters. The van der Waals surface area contributed by atoms with E-state index in [1.54, 1.807) is 18.2 Å². The standard InChI is InChI=1S/C17H11NO4/c19-15(11-10-12-6-2-1-3-7-12)22-18-16(20)13-8-4-5-9-14(13)17(18)21/h1-11H/b11-10+. The van der Waals surface area contributed by atoms with Crippen molar-refractivity contribution >= 4 is 23.9 Å². The lowest BCUT2D eigenvalue weighted by atomic mass is 10.1. The average molecular weight is 293 g/mol. The zero-order chi connectivity index (χ0) is 15.5. The van der Waals surface area contributed by atoms with Crippen LogP contribution in [0.3, 0.4) is 0 Å². The van der Waals surface area contributed by atoms with Crippen molar-refractivity contribution in [1.29, 1.82) is 0 Å². The monoisotopic (exact) mass is 293 g/mol. The number of imide groups is 1. The number of hydrogen-bond donors (Lipinski definition) is 0. The van der Waals surface area contributed by atoms with Crippen LogP contribution in [0.25, 0.3) is 6.08 Å². The number of nitrogens with zero attached hydrogens (tertiary/aromatic N) is 1. The molecule has 22 heavy (non-hydrogen) atoms. The molecule has 108 valence electrons. The fourth-order valence-corrected chi connectivity index (χ4v) is 2.10. The summed E-state index contributed by atoms with van der Waals surface area (Å²) in [6.07, 6.45) is 2.71.